The number of hydrogen-bond donors (Lipinski definition) is 0. The van der Waals surface area contributed by atoms with E-state index in [1.165, 1.54) is 42.3 Å². The summed E-state index contributed by atoms with van der Waals surface area (Å²) in [7, 11) is 1.33. The van der Waals surface area contributed by atoms with Crippen molar-refractivity contribution in [1.82, 2.24) is 0 Å². The maximum absolute atomic E-state index is 14.4. The monoisotopic (exact) mass is 330 g/mol. The molecule has 0 bridgehead atoms. The highest BCUT2D eigenvalue weighted by atomic mass is 19.1. The predicted molar refractivity (Wildman–Crippen MR) is 86.0 cm³/mol. The van der Waals surface area contributed by atoms with E-state index in [0.29, 0.717) is 30.6 Å². The van der Waals surface area contributed by atoms with Gasteiger partial charge in [0, 0.05) is 12.6 Å². The van der Waals surface area contributed by atoms with Crippen LogP contribution in [0, 0.1) is 15.9 Å². The zero-order chi connectivity index (χ0) is 17.3. The summed E-state index contributed by atoms with van der Waals surface area (Å²) in [5, 5.41) is 11.2. The van der Waals surface area contributed by atoms with Crippen molar-refractivity contribution in [2.75, 3.05) is 18.6 Å². The number of rotatable bonds is 3. The smallest absolute Gasteiger partial charge is 0.274 e. The minimum Gasteiger partial charge on any atom is -0.494 e. The number of nitro groups is 1. The first-order valence-electron chi connectivity index (χ1n) is 7.45. The molecule has 24 heavy (non-hydrogen) atoms. The topological polar surface area (TPSA) is 72.7 Å². The Morgan fingerprint density at radius 1 is 1.29 bits per heavy atom. The quantitative estimate of drug-likeness (QED) is 0.639. The molecule has 2 aromatic rings. The molecule has 0 atom stereocenters. The summed E-state index contributed by atoms with van der Waals surface area (Å²) in [5.74, 6) is -1.28. The normalized spacial score (nSPS) is 13.3. The Kier molecular flexibility index (Phi) is 4.16. The van der Waals surface area contributed by atoms with Gasteiger partial charge in [0.1, 0.15) is 0 Å². The van der Waals surface area contributed by atoms with Crippen molar-refractivity contribution in [3.05, 3.63) is 63.5 Å². The molecule has 3 rings (SSSR count). The zero-order valence-electron chi connectivity index (χ0n) is 13.0. The predicted octanol–water partition coefficient (Wildman–Crippen LogP) is 3.34. The lowest BCUT2D eigenvalue weighted by Gasteiger charge is -2.29. The molecular weight excluding hydrogens is 315 g/mol. The second kappa shape index (κ2) is 6.27. The van der Waals surface area contributed by atoms with E-state index < -0.39 is 16.6 Å². The van der Waals surface area contributed by atoms with E-state index in [-0.39, 0.29) is 17.0 Å². The van der Waals surface area contributed by atoms with Gasteiger partial charge in [0.15, 0.2) is 11.6 Å². The van der Waals surface area contributed by atoms with Crippen molar-refractivity contribution >= 4 is 17.3 Å². The molecule has 0 saturated heterocycles. The van der Waals surface area contributed by atoms with Crippen LogP contribution in [0.2, 0.25) is 0 Å². The molecule has 1 aliphatic heterocycles. The highest BCUT2D eigenvalue weighted by molar-refractivity contribution is 6.07. The van der Waals surface area contributed by atoms with Crippen LogP contribution in [0.1, 0.15) is 22.3 Å². The molecule has 1 amide bonds. The number of hydrogen-bond acceptors (Lipinski definition) is 4. The molecule has 0 N–H and O–H groups in total. The molecule has 0 radical (unpaired) electrons. The van der Waals surface area contributed by atoms with Crippen molar-refractivity contribution in [1.29, 1.82) is 0 Å². The van der Waals surface area contributed by atoms with E-state index in [2.05, 4.69) is 0 Å². The number of benzene rings is 2. The molecule has 2 aromatic carbocycles. The van der Waals surface area contributed by atoms with Crippen LogP contribution in [0.5, 0.6) is 5.75 Å². The van der Waals surface area contributed by atoms with E-state index in [4.69, 9.17) is 4.74 Å². The number of fused-ring (bicyclic) bond motifs is 1. The lowest BCUT2D eigenvalue weighted by Crippen LogP contribution is -2.36. The molecule has 0 unspecified atom stereocenters. The van der Waals surface area contributed by atoms with Gasteiger partial charge < -0.3 is 9.64 Å². The van der Waals surface area contributed by atoms with E-state index in [1.807, 2.05) is 0 Å². The molecular formula is C17H15FN2O4. The molecule has 0 spiro atoms. The Hall–Kier alpha value is -2.96. The maximum atomic E-state index is 14.4. The van der Waals surface area contributed by atoms with Gasteiger partial charge in [0.05, 0.1) is 28.8 Å². The van der Waals surface area contributed by atoms with Crippen LogP contribution in [0.3, 0.4) is 0 Å². The molecule has 1 heterocycles. The van der Waals surface area contributed by atoms with Crippen molar-refractivity contribution in [3.63, 3.8) is 0 Å². The second-order valence-corrected chi connectivity index (χ2v) is 5.41. The lowest BCUT2D eigenvalue weighted by molar-refractivity contribution is -0.385. The van der Waals surface area contributed by atoms with Gasteiger partial charge in [-0.25, -0.2) is 4.39 Å². The first-order valence-corrected chi connectivity index (χ1v) is 7.45. The van der Waals surface area contributed by atoms with Crippen LogP contribution in [-0.2, 0) is 6.42 Å². The number of amides is 1. The maximum Gasteiger partial charge on any atom is 0.274 e. The molecule has 6 nitrogen and oxygen atoms in total. The fraction of sp³-hybridized carbons (Fsp3) is 0.235. The van der Waals surface area contributed by atoms with Crippen LogP contribution in [-0.4, -0.2) is 24.5 Å². The average molecular weight is 330 g/mol. The number of nitro benzene ring substituents is 1. The largest absolute Gasteiger partial charge is 0.494 e. The van der Waals surface area contributed by atoms with Crippen molar-refractivity contribution in [3.8, 4) is 5.75 Å². The van der Waals surface area contributed by atoms with Crippen molar-refractivity contribution < 1.29 is 18.8 Å². The van der Waals surface area contributed by atoms with Gasteiger partial charge in [-0.1, -0.05) is 12.1 Å². The molecule has 0 aliphatic carbocycles. The van der Waals surface area contributed by atoms with Crippen molar-refractivity contribution in [2.24, 2.45) is 0 Å². The molecule has 0 saturated carbocycles. The molecule has 124 valence electrons. The van der Waals surface area contributed by atoms with Crippen LogP contribution in [0.25, 0.3) is 0 Å². The number of ether oxygens (including phenoxy) is 1. The Bertz CT molecular complexity index is 822. The molecule has 0 fully saturated rings. The van der Waals surface area contributed by atoms with Crippen LogP contribution in [0.15, 0.2) is 36.4 Å². The standard InChI is InChI=1S/C17H15FN2O4/c1-24-15-9-2-5-12(16(15)18)17(21)19-10-4-6-11-13(19)7-3-8-14(11)20(22)23/h2-3,5,7-9H,4,6,10H2,1H3. The minimum atomic E-state index is -0.734. The first kappa shape index (κ1) is 15.9. The Morgan fingerprint density at radius 3 is 2.75 bits per heavy atom. The third kappa shape index (κ3) is 2.58. The fourth-order valence-electron chi connectivity index (χ4n) is 2.97. The lowest BCUT2D eigenvalue weighted by atomic mass is 9.99. The summed E-state index contributed by atoms with van der Waals surface area (Å²) in [6.07, 6.45) is 1.09. The Morgan fingerprint density at radius 2 is 2.04 bits per heavy atom. The number of methoxy groups -OCH3 is 1. The highest BCUT2D eigenvalue weighted by Gasteiger charge is 2.30. The first-order chi connectivity index (χ1) is 11.5. The highest BCUT2D eigenvalue weighted by Crippen LogP contribution is 2.35. The van der Waals surface area contributed by atoms with Gasteiger partial charge >= 0.3 is 0 Å². The van der Waals surface area contributed by atoms with Gasteiger partial charge in [-0.05, 0) is 31.0 Å². The number of nitrogens with zero attached hydrogens (tertiary/aromatic N) is 2. The number of carbonyl (C=O) groups excluding carboxylic acids is 1. The number of carbonyl (C=O) groups is 1. The van der Waals surface area contributed by atoms with E-state index in [0.717, 1.165) is 0 Å². The summed E-state index contributed by atoms with van der Waals surface area (Å²) >= 11 is 0. The van der Waals surface area contributed by atoms with Gasteiger partial charge in [0.25, 0.3) is 11.6 Å². The van der Waals surface area contributed by atoms with Crippen LogP contribution < -0.4 is 9.64 Å². The molecule has 1 aliphatic rings. The second-order valence-electron chi connectivity index (χ2n) is 5.41. The van der Waals surface area contributed by atoms with Gasteiger partial charge in [0.2, 0.25) is 0 Å². The summed E-state index contributed by atoms with van der Waals surface area (Å²) in [6.45, 7) is 0.379. The summed E-state index contributed by atoms with van der Waals surface area (Å²) in [4.78, 5) is 24.9. The van der Waals surface area contributed by atoms with Gasteiger partial charge in [-0.2, -0.15) is 0 Å². The summed E-state index contributed by atoms with van der Waals surface area (Å²) in [6, 6.07) is 8.95. The Labute approximate surface area is 137 Å². The van der Waals surface area contributed by atoms with Crippen LogP contribution in [0.4, 0.5) is 15.8 Å². The molecule has 0 aromatic heterocycles. The van der Waals surface area contributed by atoms with E-state index in [1.54, 1.807) is 6.07 Å². The van der Waals surface area contributed by atoms with Crippen LogP contribution >= 0.6 is 0 Å². The van der Waals surface area contributed by atoms with Crippen molar-refractivity contribution in [2.45, 2.75) is 12.8 Å². The number of halogens is 1. The minimum absolute atomic E-state index is 0.0166. The third-order valence-corrected chi connectivity index (χ3v) is 4.08. The van der Waals surface area contributed by atoms with E-state index >= 15 is 0 Å². The SMILES string of the molecule is COc1cccc(C(=O)N2CCCc3c2cccc3[N+](=O)[O-])c1F. The van der Waals surface area contributed by atoms with Gasteiger partial charge in [-0.15, -0.1) is 0 Å². The van der Waals surface area contributed by atoms with E-state index in [9.17, 15) is 19.3 Å². The Balaban J connectivity index is 2.06. The number of anilines is 1. The average Bonchev–Trinajstić information content (AvgIpc) is 2.60. The summed E-state index contributed by atoms with van der Waals surface area (Å²) in [5.41, 5.74) is 0.831. The molecule has 7 heteroatoms. The van der Waals surface area contributed by atoms with Gasteiger partial charge in [-0.3, -0.25) is 14.9 Å². The summed E-state index contributed by atoms with van der Waals surface area (Å²) < 4.78 is 19.3. The third-order valence-electron chi connectivity index (χ3n) is 4.08. The zero-order valence-corrected chi connectivity index (χ0v) is 13.0. The fourth-order valence-corrected chi connectivity index (χ4v) is 2.97.